The Hall–Kier alpha value is -3.30. The van der Waals surface area contributed by atoms with E-state index in [0.29, 0.717) is 31.6 Å². The molecule has 1 N–H and O–H groups in total. The lowest BCUT2D eigenvalue weighted by Crippen LogP contribution is -2.39. The molecule has 1 amide bonds. The van der Waals surface area contributed by atoms with E-state index in [9.17, 15) is 24.1 Å². The lowest BCUT2D eigenvalue weighted by Gasteiger charge is -2.32. The number of aromatic carboxylic acids is 1. The van der Waals surface area contributed by atoms with Crippen LogP contribution in [0.3, 0.4) is 0 Å². The molecule has 0 aliphatic carbocycles. The van der Waals surface area contributed by atoms with Crippen molar-refractivity contribution in [2.75, 3.05) is 13.1 Å². The molecule has 1 fully saturated rings. The van der Waals surface area contributed by atoms with Crippen molar-refractivity contribution in [2.45, 2.75) is 32.7 Å². The van der Waals surface area contributed by atoms with Crippen LogP contribution in [0.1, 0.15) is 50.9 Å². The van der Waals surface area contributed by atoms with Crippen molar-refractivity contribution in [3.63, 3.8) is 0 Å². The molecule has 2 heterocycles. The highest BCUT2D eigenvalue weighted by Crippen LogP contribution is 2.29. The van der Waals surface area contributed by atoms with Gasteiger partial charge in [0.05, 0.1) is 22.9 Å². The van der Waals surface area contributed by atoms with Crippen LogP contribution in [0, 0.1) is 29.8 Å². The average molecular weight is 390 g/mol. The molecule has 0 spiro atoms. The van der Waals surface area contributed by atoms with Crippen molar-refractivity contribution in [2.24, 2.45) is 0 Å². The van der Waals surface area contributed by atoms with Gasteiger partial charge < -0.3 is 10.0 Å². The Bertz CT molecular complexity index is 963. The standard InChI is InChI=1S/C18H19FN4O5/c1-10-7-12(19)8-14(16(10)23(27)28)17(24)21-5-3-13(4-6-21)22-11(2)15(9-20-22)18(25)26/h7-9,13H,3-6H2,1-2H3,(H,25,26). The van der Waals surface area contributed by atoms with Crippen molar-refractivity contribution >= 4 is 17.6 Å². The number of amides is 1. The molecule has 28 heavy (non-hydrogen) atoms. The lowest BCUT2D eigenvalue weighted by atomic mass is 10.0. The maximum absolute atomic E-state index is 13.7. The summed E-state index contributed by atoms with van der Waals surface area (Å²) in [5, 5.41) is 24.6. The van der Waals surface area contributed by atoms with Gasteiger partial charge in [0.1, 0.15) is 16.9 Å². The number of halogens is 1. The zero-order valence-corrected chi connectivity index (χ0v) is 15.4. The van der Waals surface area contributed by atoms with Crippen molar-refractivity contribution < 1.29 is 24.0 Å². The lowest BCUT2D eigenvalue weighted by molar-refractivity contribution is -0.385. The summed E-state index contributed by atoms with van der Waals surface area (Å²) in [5.41, 5.74) is 0.113. The van der Waals surface area contributed by atoms with Gasteiger partial charge >= 0.3 is 5.97 Å². The number of likely N-dealkylation sites (tertiary alicyclic amines) is 1. The summed E-state index contributed by atoms with van der Waals surface area (Å²) in [6.07, 6.45) is 2.32. The fourth-order valence-electron chi connectivity index (χ4n) is 3.63. The van der Waals surface area contributed by atoms with Gasteiger partial charge in [-0.2, -0.15) is 5.10 Å². The van der Waals surface area contributed by atoms with Gasteiger partial charge in [0.2, 0.25) is 0 Å². The van der Waals surface area contributed by atoms with Gasteiger partial charge in [0, 0.05) is 18.7 Å². The predicted molar refractivity (Wildman–Crippen MR) is 95.9 cm³/mol. The van der Waals surface area contributed by atoms with Crippen LogP contribution < -0.4 is 0 Å². The number of piperidine rings is 1. The molecule has 10 heteroatoms. The number of rotatable bonds is 4. The number of nitro groups is 1. The van der Waals surface area contributed by atoms with E-state index in [-0.39, 0.29) is 28.4 Å². The van der Waals surface area contributed by atoms with Gasteiger partial charge in [-0.1, -0.05) is 0 Å². The summed E-state index contributed by atoms with van der Waals surface area (Å²) in [4.78, 5) is 36.1. The third-order valence-electron chi connectivity index (χ3n) is 5.05. The molecule has 148 valence electrons. The minimum absolute atomic E-state index is 0.0821. The Labute approximate surface area is 159 Å². The molecule has 3 rings (SSSR count). The third kappa shape index (κ3) is 3.45. The fourth-order valence-corrected chi connectivity index (χ4v) is 3.63. The summed E-state index contributed by atoms with van der Waals surface area (Å²) in [5.74, 6) is -2.34. The molecule has 1 saturated heterocycles. The van der Waals surface area contributed by atoms with Crippen LogP contribution >= 0.6 is 0 Å². The number of carbonyl (C=O) groups is 2. The summed E-state index contributed by atoms with van der Waals surface area (Å²) < 4.78 is 15.4. The highest BCUT2D eigenvalue weighted by Gasteiger charge is 2.31. The normalized spacial score (nSPS) is 14.9. The first kappa shape index (κ1) is 19.5. The maximum Gasteiger partial charge on any atom is 0.339 e. The van der Waals surface area contributed by atoms with Crippen LogP contribution in [0.25, 0.3) is 0 Å². The smallest absolute Gasteiger partial charge is 0.339 e. The number of carbonyl (C=O) groups excluding carboxylic acids is 1. The van der Waals surface area contributed by atoms with Crippen LogP contribution in [-0.4, -0.2) is 49.7 Å². The number of benzene rings is 1. The average Bonchev–Trinajstić information content (AvgIpc) is 3.02. The maximum atomic E-state index is 13.7. The van der Waals surface area contributed by atoms with Crippen molar-refractivity contribution in [3.05, 3.63) is 56.6 Å². The van der Waals surface area contributed by atoms with Gasteiger partial charge in [-0.3, -0.25) is 19.6 Å². The molecule has 9 nitrogen and oxygen atoms in total. The minimum atomic E-state index is -1.05. The van der Waals surface area contributed by atoms with Gasteiger partial charge in [-0.25, -0.2) is 9.18 Å². The highest BCUT2D eigenvalue weighted by molar-refractivity contribution is 5.98. The summed E-state index contributed by atoms with van der Waals surface area (Å²) >= 11 is 0. The molecular weight excluding hydrogens is 371 g/mol. The van der Waals surface area contributed by atoms with E-state index in [1.165, 1.54) is 18.0 Å². The zero-order valence-electron chi connectivity index (χ0n) is 15.4. The Morgan fingerprint density at radius 2 is 1.89 bits per heavy atom. The van der Waals surface area contributed by atoms with E-state index in [1.54, 1.807) is 11.6 Å². The van der Waals surface area contributed by atoms with E-state index < -0.39 is 22.6 Å². The molecule has 1 aliphatic heterocycles. The topological polar surface area (TPSA) is 119 Å². The first-order chi connectivity index (χ1) is 13.2. The molecule has 2 aromatic rings. The number of nitro benzene ring substituents is 1. The largest absolute Gasteiger partial charge is 0.478 e. The fraction of sp³-hybridized carbons (Fsp3) is 0.389. The van der Waals surface area contributed by atoms with Crippen molar-refractivity contribution in [1.82, 2.24) is 14.7 Å². The minimum Gasteiger partial charge on any atom is -0.478 e. The Morgan fingerprint density at radius 1 is 1.25 bits per heavy atom. The monoisotopic (exact) mass is 390 g/mol. The second-order valence-corrected chi connectivity index (χ2v) is 6.79. The first-order valence-electron chi connectivity index (χ1n) is 8.72. The molecule has 0 radical (unpaired) electrons. The van der Waals surface area contributed by atoms with E-state index in [2.05, 4.69) is 5.10 Å². The Morgan fingerprint density at radius 3 is 2.43 bits per heavy atom. The van der Waals surface area contributed by atoms with Gasteiger partial charge in [0.15, 0.2) is 0 Å². The van der Waals surface area contributed by atoms with E-state index >= 15 is 0 Å². The highest BCUT2D eigenvalue weighted by atomic mass is 19.1. The summed E-state index contributed by atoms with van der Waals surface area (Å²) in [6, 6.07) is 1.85. The number of carboxylic acid groups (broad SMARTS) is 1. The van der Waals surface area contributed by atoms with Crippen LogP contribution in [0.5, 0.6) is 0 Å². The van der Waals surface area contributed by atoms with Crippen LogP contribution in [-0.2, 0) is 0 Å². The second-order valence-electron chi connectivity index (χ2n) is 6.79. The molecule has 1 aromatic heterocycles. The SMILES string of the molecule is Cc1cc(F)cc(C(=O)N2CCC(n3ncc(C(=O)O)c3C)CC2)c1[N+](=O)[O-]. The first-order valence-corrected chi connectivity index (χ1v) is 8.72. The van der Waals surface area contributed by atoms with Gasteiger partial charge in [-0.15, -0.1) is 0 Å². The molecule has 1 aliphatic rings. The zero-order chi connectivity index (χ0) is 20.6. The number of hydrogen-bond donors (Lipinski definition) is 1. The molecular formula is C18H19FN4O5. The number of aryl methyl sites for hydroxylation is 1. The predicted octanol–water partition coefficient (Wildman–Crippen LogP) is 2.72. The van der Waals surface area contributed by atoms with Gasteiger partial charge in [0.25, 0.3) is 11.6 Å². The quantitative estimate of drug-likeness (QED) is 0.633. The number of aromatic nitrogens is 2. The van der Waals surface area contributed by atoms with E-state index in [0.717, 1.165) is 12.1 Å². The van der Waals surface area contributed by atoms with Crippen LogP contribution in [0.4, 0.5) is 10.1 Å². The Balaban J connectivity index is 1.78. The number of carboxylic acids is 1. The third-order valence-corrected chi connectivity index (χ3v) is 5.05. The Kier molecular flexibility index (Phi) is 5.12. The van der Waals surface area contributed by atoms with Crippen molar-refractivity contribution in [1.29, 1.82) is 0 Å². The van der Waals surface area contributed by atoms with Gasteiger partial charge in [-0.05, 0) is 38.8 Å². The van der Waals surface area contributed by atoms with Crippen molar-refractivity contribution in [3.8, 4) is 0 Å². The van der Waals surface area contributed by atoms with Crippen LogP contribution in [0.2, 0.25) is 0 Å². The second kappa shape index (κ2) is 7.37. The molecule has 0 unspecified atom stereocenters. The molecule has 0 atom stereocenters. The summed E-state index contributed by atoms with van der Waals surface area (Å²) in [6.45, 7) is 3.67. The molecule has 1 aromatic carbocycles. The van der Waals surface area contributed by atoms with E-state index in [4.69, 9.17) is 5.11 Å². The number of nitrogens with zero attached hydrogens (tertiary/aromatic N) is 4. The van der Waals surface area contributed by atoms with Crippen LogP contribution in [0.15, 0.2) is 18.3 Å². The van der Waals surface area contributed by atoms with E-state index in [1.807, 2.05) is 0 Å². The number of hydrogen-bond acceptors (Lipinski definition) is 5. The molecule has 0 bridgehead atoms. The summed E-state index contributed by atoms with van der Waals surface area (Å²) in [7, 11) is 0. The molecule has 0 saturated carbocycles.